The Hall–Kier alpha value is -2.79. The van der Waals surface area contributed by atoms with Crippen LogP contribution in [0.15, 0.2) is 60.7 Å². The van der Waals surface area contributed by atoms with Crippen LogP contribution in [0.3, 0.4) is 0 Å². The molecule has 0 spiro atoms. The molecule has 5 nitrogen and oxygen atoms in total. The van der Waals surface area contributed by atoms with Gasteiger partial charge in [0.1, 0.15) is 11.5 Å². The second-order valence-electron chi connectivity index (χ2n) is 4.24. The fraction of sp³-hybridized carbons (Fsp3) is 0. The Morgan fingerprint density at radius 1 is 0.955 bits per heavy atom. The molecular weight excluding hydrogens is 306 g/mol. The number of carbonyl (C=O) groups is 2. The normalized spacial score (nSPS) is 10.4. The van der Waals surface area contributed by atoms with Crippen LogP contribution in [0.1, 0.15) is 0 Å². The van der Waals surface area contributed by atoms with E-state index in [4.69, 9.17) is 21.4 Å². The smallest absolute Gasteiger partial charge is 0.328 e. The van der Waals surface area contributed by atoms with Gasteiger partial charge in [-0.15, -0.1) is 0 Å². The van der Waals surface area contributed by atoms with E-state index in [-0.39, 0.29) is 0 Å². The molecule has 0 atom stereocenters. The summed E-state index contributed by atoms with van der Waals surface area (Å²) in [5.41, 5.74) is 0.531. The van der Waals surface area contributed by atoms with Crippen molar-refractivity contribution < 1.29 is 19.4 Å². The largest absolute Gasteiger partial charge is 0.478 e. The fourth-order valence-electron chi connectivity index (χ4n) is 1.58. The summed E-state index contributed by atoms with van der Waals surface area (Å²) in [6, 6.07) is 13.6. The summed E-state index contributed by atoms with van der Waals surface area (Å²) in [5, 5.41) is 11.6. The van der Waals surface area contributed by atoms with Crippen LogP contribution in [0.5, 0.6) is 11.5 Å². The average molecular weight is 318 g/mol. The van der Waals surface area contributed by atoms with E-state index >= 15 is 0 Å². The first-order valence-electron chi connectivity index (χ1n) is 6.28. The SMILES string of the molecule is O=C(O)C=CC(=O)Nc1ccc(Oc2ccc(Cl)cc2)cc1. The predicted molar refractivity (Wildman–Crippen MR) is 83.4 cm³/mol. The molecule has 2 rings (SSSR count). The first-order chi connectivity index (χ1) is 10.5. The number of carbonyl (C=O) groups excluding carboxylic acids is 1. The lowest BCUT2D eigenvalue weighted by molar-refractivity contribution is -0.131. The lowest BCUT2D eigenvalue weighted by atomic mass is 10.3. The van der Waals surface area contributed by atoms with Crippen LogP contribution in [0.4, 0.5) is 5.69 Å². The number of ether oxygens (including phenoxy) is 1. The molecule has 0 aromatic heterocycles. The maximum absolute atomic E-state index is 11.4. The highest BCUT2D eigenvalue weighted by atomic mass is 35.5. The molecule has 0 saturated heterocycles. The number of aliphatic carboxylic acids is 1. The van der Waals surface area contributed by atoms with Gasteiger partial charge in [0.25, 0.3) is 0 Å². The number of carboxylic acids is 1. The minimum absolute atomic E-state index is 0.520. The van der Waals surface area contributed by atoms with Gasteiger partial charge in [0, 0.05) is 22.9 Å². The van der Waals surface area contributed by atoms with E-state index in [0.29, 0.717) is 22.2 Å². The number of hydrogen-bond donors (Lipinski definition) is 2. The first-order valence-corrected chi connectivity index (χ1v) is 6.66. The van der Waals surface area contributed by atoms with Crippen LogP contribution in [-0.2, 0) is 9.59 Å². The molecule has 0 aliphatic heterocycles. The molecule has 0 radical (unpaired) electrons. The molecule has 6 heteroatoms. The van der Waals surface area contributed by atoms with Crippen molar-refractivity contribution in [2.24, 2.45) is 0 Å². The van der Waals surface area contributed by atoms with E-state index in [1.807, 2.05) is 0 Å². The van der Waals surface area contributed by atoms with E-state index in [0.717, 1.165) is 12.2 Å². The maximum Gasteiger partial charge on any atom is 0.328 e. The molecular formula is C16H12ClNO4. The summed E-state index contributed by atoms with van der Waals surface area (Å²) in [6.07, 6.45) is 1.72. The number of carboxylic acid groups (broad SMARTS) is 1. The van der Waals surface area contributed by atoms with Gasteiger partial charge in [0.05, 0.1) is 0 Å². The van der Waals surface area contributed by atoms with Crippen molar-refractivity contribution in [2.75, 3.05) is 5.32 Å². The highest BCUT2D eigenvalue weighted by Gasteiger charge is 2.01. The van der Waals surface area contributed by atoms with E-state index in [9.17, 15) is 9.59 Å². The van der Waals surface area contributed by atoms with E-state index in [2.05, 4.69) is 5.32 Å². The zero-order valence-corrected chi connectivity index (χ0v) is 12.1. The van der Waals surface area contributed by atoms with Crippen molar-refractivity contribution in [3.05, 3.63) is 65.7 Å². The van der Waals surface area contributed by atoms with Crippen molar-refractivity contribution >= 4 is 29.2 Å². The van der Waals surface area contributed by atoms with E-state index in [1.54, 1.807) is 48.5 Å². The van der Waals surface area contributed by atoms with E-state index in [1.165, 1.54) is 0 Å². The predicted octanol–water partition coefficient (Wildman–Crippen LogP) is 3.71. The number of halogens is 1. The Labute approximate surface area is 131 Å². The van der Waals surface area contributed by atoms with Gasteiger partial charge in [-0.1, -0.05) is 11.6 Å². The standard InChI is InChI=1S/C16H12ClNO4/c17-11-1-5-13(6-2-11)22-14-7-3-12(4-8-14)18-15(19)9-10-16(20)21/h1-10H,(H,18,19)(H,20,21). The third-order valence-corrected chi connectivity index (χ3v) is 2.80. The molecule has 0 heterocycles. The van der Waals surface area contributed by atoms with Gasteiger partial charge >= 0.3 is 5.97 Å². The van der Waals surface area contributed by atoms with Crippen molar-refractivity contribution in [1.82, 2.24) is 0 Å². The summed E-state index contributed by atoms with van der Waals surface area (Å²) in [6.45, 7) is 0. The van der Waals surface area contributed by atoms with Gasteiger partial charge in [-0.2, -0.15) is 0 Å². The second kappa shape index (κ2) is 7.28. The fourth-order valence-corrected chi connectivity index (χ4v) is 1.70. The van der Waals surface area contributed by atoms with Gasteiger partial charge in [-0.25, -0.2) is 4.79 Å². The Kier molecular flexibility index (Phi) is 5.16. The molecule has 2 aromatic carbocycles. The monoisotopic (exact) mass is 317 g/mol. The van der Waals surface area contributed by atoms with Gasteiger partial charge in [0.15, 0.2) is 0 Å². The summed E-state index contributed by atoms with van der Waals surface area (Å²) in [5.74, 6) is -0.456. The highest BCUT2D eigenvalue weighted by Crippen LogP contribution is 2.24. The van der Waals surface area contributed by atoms with Crippen LogP contribution in [0.2, 0.25) is 5.02 Å². The molecule has 0 saturated carbocycles. The number of benzene rings is 2. The van der Waals surface area contributed by atoms with Crippen molar-refractivity contribution in [3.63, 3.8) is 0 Å². The summed E-state index contributed by atoms with van der Waals surface area (Å²) in [4.78, 5) is 21.7. The third-order valence-electron chi connectivity index (χ3n) is 2.55. The van der Waals surface area contributed by atoms with Crippen LogP contribution < -0.4 is 10.1 Å². The topological polar surface area (TPSA) is 75.6 Å². The number of rotatable bonds is 5. The van der Waals surface area contributed by atoms with Crippen molar-refractivity contribution in [1.29, 1.82) is 0 Å². The summed E-state index contributed by atoms with van der Waals surface area (Å²) in [7, 11) is 0. The zero-order valence-electron chi connectivity index (χ0n) is 11.3. The minimum Gasteiger partial charge on any atom is -0.478 e. The number of nitrogens with one attached hydrogen (secondary N) is 1. The minimum atomic E-state index is -1.18. The van der Waals surface area contributed by atoms with Crippen molar-refractivity contribution in [2.45, 2.75) is 0 Å². The van der Waals surface area contributed by atoms with Crippen LogP contribution in [0.25, 0.3) is 0 Å². The molecule has 112 valence electrons. The van der Waals surface area contributed by atoms with Gasteiger partial charge in [-0.3, -0.25) is 4.79 Å². The van der Waals surface area contributed by atoms with Crippen LogP contribution in [-0.4, -0.2) is 17.0 Å². The molecule has 1 amide bonds. The van der Waals surface area contributed by atoms with Crippen molar-refractivity contribution in [3.8, 4) is 11.5 Å². The Bertz CT molecular complexity index is 693. The van der Waals surface area contributed by atoms with Gasteiger partial charge < -0.3 is 15.2 Å². The lowest BCUT2D eigenvalue weighted by Gasteiger charge is -2.07. The first kappa shape index (κ1) is 15.6. The zero-order chi connectivity index (χ0) is 15.9. The van der Waals surface area contributed by atoms with Crippen LogP contribution in [0, 0.1) is 0 Å². The second-order valence-corrected chi connectivity index (χ2v) is 4.68. The Morgan fingerprint density at radius 2 is 1.50 bits per heavy atom. The summed E-state index contributed by atoms with van der Waals surface area (Å²) < 4.78 is 5.61. The Balaban J connectivity index is 1.96. The quantitative estimate of drug-likeness (QED) is 0.824. The highest BCUT2D eigenvalue weighted by molar-refractivity contribution is 6.30. The number of anilines is 1. The molecule has 22 heavy (non-hydrogen) atoms. The third kappa shape index (κ3) is 4.96. The molecule has 0 aliphatic carbocycles. The molecule has 0 fully saturated rings. The van der Waals surface area contributed by atoms with Gasteiger partial charge in [-0.05, 0) is 48.5 Å². The summed E-state index contributed by atoms with van der Waals surface area (Å²) >= 11 is 5.79. The Morgan fingerprint density at radius 3 is 2.05 bits per heavy atom. The average Bonchev–Trinajstić information content (AvgIpc) is 2.49. The van der Waals surface area contributed by atoms with Gasteiger partial charge in [0.2, 0.25) is 5.91 Å². The van der Waals surface area contributed by atoms with Crippen LogP contribution >= 0.6 is 11.6 Å². The maximum atomic E-state index is 11.4. The lowest BCUT2D eigenvalue weighted by Crippen LogP contribution is -2.08. The molecule has 0 bridgehead atoms. The number of hydrogen-bond acceptors (Lipinski definition) is 3. The number of amides is 1. The molecule has 2 aromatic rings. The molecule has 2 N–H and O–H groups in total. The molecule has 0 aliphatic rings. The van der Waals surface area contributed by atoms with E-state index < -0.39 is 11.9 Å². The molecule has 0 unspecified atom stereocenters.